The minimum absolute atomic E-state index is 0.109. The van der Waals surface area contributed by atoms with E-state index in [-0.39, 0.29) is 30.5 Å². The van der Waals surface area contributed by atoms with Gasteiger partial charge >= 0.3 is 5.97 Å². The molecule has 27 heavy (non-hydrogen) atoms. The van der Waals surface area contributed by atoms with E-state index in [2.05, 4.69) is 12.4 Å². The summed E-state index contributed by atoms with van der Waals surface area (Å²) in [5.74, 6) is -0.355. The van der Waals surface area contributed by atoms with E-state index in [4.69, 9.17) is 9.94 Å². The van der Waals surface area contributed by atoms with E-state index in [9.17, 15) is 15.0 Å². The van der Waals surface area contributed by atoms with Crippen LogP contribution in [-0.4, -0.2) is 40.1 Å². The van der Waals surface area contributed by atoms with Crippen molar-refractivity contribution in [1.29, 1.82) is 0 Å². The van der Waals surface area contributed by atoms with Gasteiger partial charge < -0.3 is 15.3 Å². The molecule has 4 N–H and O–H groups in total. The highest BCUT2D eigenvalue weighted by Gasteiger charge is 2.45. The number of allylic oxidation sites excluding steroid dienone is 1. The van der Waals surface area contributed by atoms with Gasteiger partial charge in [-0.3, -0.25) is 15.1 Å². The van der Waals surface area contributed by atoms with Crippen LogP contribution in [0.5, 0.6) is 0 Å². The number of aliphatic carboxylic acids is 1. The molecular formula is C21H37NO5. The van der Waals surface area contributed by atoms with Crippen LogP contribution >= 0.6 is 0 Å². The fraction of sp³-hybridized carbons (Fsp3) is 0.857. The number of fused-ring (bicyclic) bond motifs is 1. The summed E-state index contributed by atoms with van der Waals surface area (Å²) in [5.41, 5.74) is 5.24. The van der Waals surface area contributed by atoms with Crippen molar-refractivity contribution >= 4 is 5.97 Å². The van der Waals surface area contributed by atoms with E-state index < -0.39 is 5.97 Å². The highest BCUT2D eigenvalue weighted by molar-refractivity contribution is 5.66. The zero-order valence-corrected chi connectivity index (χ0v) is 16.7. The number of unbranched alkanes of at least 4 members (excludes halogenated alkanes) is 4. The van der Waals surface area contributed by atoms with Crippen molar-refractivity contribution in [2.45, 2.75) is 96.2 Å². The fourth-order valence-corrected chi connectivity index (χ4v) is 4.25. The molecule has 0 radical (unpaired) electrons. The van der Waals surface area contributed by atoms with Gasteiger partial charge in [0.2, 0.25) is 0 Å². The molecule has 0 saturated heterocycles. The fourth-order valence-electron chi connectivity index (χ4n) is 4.25. The third-order valence-electron chi connectivity index (χ3n) is 5.98. The molecule has 2 aliphatic carbocycles. The van der Waals surface area contributed by atoms with Crippen LogP contribution in [0.15, 0.2) is 11.3 Å². The average Bonchev–Trinajstić information content (AvgIpc) is 2.86. The lowest BCUT2D eigenvalue weighted by molar-refractivity contribution is -0.137. The van der Waals surface area contributed by atoms with Gasteiger partial charge in [0.25, 0.3) is 0 Å². The summed E-state index contributed by atoms with van der Waals surface area (Å²) in [6.45, 7) is 2.57. The first kappa shape index (κ1) is 22.2. The maximum absolute atomic E-state index is 10.5. The van der Waals surface area contributed by atoms with Crippen molar-refractivity contribution in [3.05, 3.63) is 11.3 Å². The van der Waals surface area contributed by atoms with Crippen LogP contribution in [0.1, 0.15) is 84.0 Å². The molecule has 1 fully saturated rings. The van der Waals surface area contributed by atoms with E-state index in [1.54, 1.807) is 0 Å². The van der Waals surface area contributed by atoms with Crippen LogP contribution in [-0.2, 0) is 9.63 Å². The Balaban J connectivity index is 1.61. The van der Waals surface area contributed by atoms with Gasteiger partial charge in [0.1, 0.15) is 0 Å². The molecule has 2 rings (SSSR count). The zero-order valence-electron chi connectivity index (χ0n) is 16.7. The lowest BCUT2D eigenvalue weighted by Gasteiger charge is -2.30. The summed E-state index contributed by atoms with van der Waals surface area (Å²) in [6.07, 6.45) is 10.3. The van der Waals surface area contributed by atoms with Gasteiger partial charge in [-0.15, -0.1) is 0 Å². The van der Waals surface area contributed by atoms with Crippen LogP contribution in [0, 0.1) is 11.8 Å². The number of rotatable bonds is 15. The van der Waals surface area contributed by atoms with Gasteiger partial charge in [-0.25, -0.2) is 0 Å². The number of hydroxylamine groups is 1. The van der Waals surface area contributed by atoms with Gasteiger partial charge in [-0.2, -0.15) is 0 Å². The predicted octanol–water partition coefficient (Wildman–Crippen LogP) is 3.53. The van der Waals surface area contributed by atoms with Crippen LogP contribution in [0.25, 0.3) is 0 Å². The molecule has 0 aliphatic heterocycles. The Morgan fingerprint density at radius 2 is 1.96 bits per heavy atom. The van der Waals surface area contributed by atoms with Crippen LogP contribution < -0.4 is 5.48 Å². The monoisotopic (exact) mass is 383 g/mol. The van der Waals surface area contributed by atoms with Crippen molar-refractivity contribution in [3.63, 3.8) is 0 Å². The second-order valence-electron chi connectivity index (χ2n) is 8.15. The molecule has 0 aromatic heterocycles. The first-order valence-corrected chi connectivity index (χ1v) is 10.7. The summed E-state index contributed by atoms with van der Waals surface area (Å²) in [6, 6.07) is 0. The number of carbonyl (C=O) groups is 1. The van der Waals surface area contributed by atoms with Crippen LogP contribution in [0.3, 0.4) is 0 Å². The number of carboxylic acids is 1. The second-order valence-corrected chi connectivity index (χ2v) is 8.15. The quantitative estimate of drug-likeness (QED) is 0.255. The average molecular weight is 384 g/mol. The summed E-state index contributed by atoms with van der Waals surface area (Å²) in [7, 11) is 0. The summed E-state index contributed by atoms with van der Waals surface area (Å²) in [5, 5.41) is 29.3. The first-order chi connectivity index (χ1) is 13.0. The van der Waals surface area contributed by atoms with E-state index in [0.717, 1.165) is 44.2 Å². The molecule has 0 aromatic rings. The second kappa shape index (κ2) is 11.7. The Morgan fingerprint density at radius 3 is 2.70 bits per heavy atom. The SMILES string of the molecule is CCCCCCCC(O)CCC1CC2=C(NOCCCC(=O)O)CC2C1O. The van der Waals surface area contributed by atoms with Gasteiger partial charge in [-0.05, 0) is 50.0 Å². The van der Waals surface area contributed by atoms with Gasteiger partial charge in [0.15, 0.2) is 0 Å². The maximum atomic E-state index is 10.5. The lowest BCUT2D eigenvalue weighted by atomic mass is 9.83. The molecular weight excluding hydrogens is 346 g/mol. The van der Waals surface area contributed by atoms with E-state index >= 15 is 0 Å². The molecule has 156 valence electrons. The minimum atomic E-state index is -0.811. The van der Waals surface area contributed by atoms with E-state index in [1.807, 2.05) is 0 Å². The van der Waals surface area contributed by atoms with Crippen molar-refractivity contribution < 1.29 is 25.0 Å². The number of carboxylic acid groups (broad SMARTS) is 1. The largest absolute Gasteiger partial charge is 0.481 e. The Hall–Kier alpha value is -1.11. The molecule has 2 aliphatic rings. The maximum Gasteiger partial charge on any atom is 0.303 e. The first-order valence-electron chi connectivity index (χ1n) is 10.7. The van der Waals surface area contributed by atoms with Crippen LogP contribution in [0.2, 0.25) is 0 Å². The van der Waals surface area contributed by atoms with E-state index in [0.29, 0.717) is 13.0 Å². The molecule has 0 amide bonds. The number of hydrogen-bond acceptors (Lipinski definition) is 5. The lowest BCUT2D eigenvalue weighted by Crippen LogP contribution is -2.32. The van der Waals surface area contributed by atoms with Gasteiger partial charge in [-0.1, -0.05) is 39.0 Å². The van der Waals surface area contributed by atoms with Crippen molar-refractivity contribution in [1.82, 2.24) is 5.48 Å². The van der Waals surface area contributed by atoms with Crippen molar-refractivity contribution in [3.8, 4) is 0 Å². The summed E-state index contributed by atoms with van der Waals surface area (Å²) < 4.78 is 0. The third-order valence-corrected chi connectivity index (χ3v) is 5.98. The third kappa shape index (κ3) is 7.09. The predicted molar refractivity (Wildman–Crippen MR) is 104 cm³/mol. The normalized spacial score (nSPS) is 25.2. The molecule has 0 aromatic carbocycles. The topological polar surface area (TPSA) is 99.0 Å². The summed E-state index contributed by atoms with van der Waals surface area (Å²) >= 11 is 0. The molecule has 6 heteroatoms. The smallest absolute Gasteiger partial charge is 0.303 e. The number of aliphatic hydroxyl groups is 2. The Kier molecular flexibility index (Phi) is 9.59. The number of hydrogen-bond donors (Lipinski definition) is 4. The molecule has 1 saturated carbocycles. The summed E-state index contributed by atoms with van der Waals surface area (Å²) in [4.78, 5) is 15.8. The minimum Gasteiger partial charge on any atom is -0.481 e. The highest BCUT2D eigenvalue weighted by atomic mass is 16.6. The van der Waals surface area contributed by atoms with Crippen molar-refractivity contribution in [2.24, 2.45) is 11.8 Å². The number of aliphatic hydroxyl groups excluding tert-OH is 2. The standard InChI is InChI=1S/C21H37NO5/c1-2-3-4-5-6-8-16(23)11-10-15-13-17-18(21(15)26)14-19(17)22-27-12-7-9-20(24)25/h15-16,18,21-23,26H,2-14H2,1H3,(H,24,25). The molecule has 6 nitrogen and oxygen atoms in total. The molecule has 0 spiro atoms. The van der Waals surface area contributed by atoms with Crippen LogP contribution in [0.4, 0.5) is 0 Å². The highest BCUT2D eigenvalue weighted by Crippen LogP contribution is 2.49. The zero-order chi connectivity index (χ0) is 19.6. The van der Waals surface area contributed by atoms with E-state index in [1.165, 1.54) is 31.3 Å². The van der Waals surface area contributed by atoms with Crippen molar-refractivity contribution in [2.75, 3.05) is 6.61 Å². The molecule has 0 bridgehead atoms. The Bertz CT molecular complexity index is 493. The Labute approximate surface area is 162 Å². The van der Waals surface area contributed by atoms with Gasteiger partial charge in [0.05, 0.1) is 18.8 Å². The molecule has 4 unspecified atom stereocenters. The van der Waals surface area contributed by atoms with Gasteiger partial charge in [0, 0.05) is 18.0 Å². The number of nitrogens with one attached hydrogen (secondary N) is 1. The molecule has 0 heterocycles. The molecule has 4 atom stereocenters. The Morgan fingerprint density at radius 1 is 1.19 bits per heavy atom.